The van der Waals surface area contributed by atoms with Crippen LogP contribution in [0.15, 0.2) is 78.9 Å². The lowest BCUT2D eigenvalue weighted by Crippen LogP contribution is -2.34. The third-order valence-electron chi connectivity index (χ3n) is 4.73. The largest absolute Gasteiger partial charge is 0.490 e. The summed E-state index contributed by atoms with van der Waals surface area (Å²) in [5.74, 6) is 1.36. The molecule has 3 aromatic carbocycles. The first-order valence-corrected chi connectivity index (χ1v) is 11.7. The van der Waals surface area contributed by atoms with Crippen molar-refractivity contribution in [3.8, 4) is 11.5 Å². The predicted molar refractivity (Wildman–Crippen MR) is 142 cm³/mol. The molecule has 3 rings (SSSR count). The highest BCUT2D eigenvalue weighted by molar-refractivity contribution is 7.80. The fourth-order valence-electron chi connectivity index (χ4n) is 3.10. The van der Waals surface area contributed by atoms with E-state index in [0.29, 0.717) is 48.2 Å². The second kappa shape index (κ2) is 13.1. The van der Waals surface area contributed by atoms with Gasteiger partial charge < -0.3 is 20.1 Å². The van der Waals surface area contributed by atoms with Crippen LogP contribution in [0.3, 0.4) is 0 Å². The Hall–Kier alpha value is -3.91. The Morgan fingerprint density at radius 3 is 1.89 bits per heavy atom. The molecule has 0 aliphatic heterocycles. The van der Waals surface area contributed by atoms with Crippen molar-refractivity contribution in [2.24, 2.45) is 5.92 Å². The zero-order valence-electron chi connectivity index (χ0n) is 19.7. The molecule has 0 fully saturated rings. The predicted octanol–water partition coefficient (Wildman–Crippen LogP) is 5.26. The van der Waals surface area contributed by atoms with Crippen LogP contribution in [0, 0.1) is 5.92 Å². The lowest BCUT2D eigenvalue weighted by atomic mass is 10.1. The smallest absolute Gasteiger partial charge is 0.257 e. The van der Waals surface area contributed by atoms with Gasteiger partial charge in [-0.25, -0.2) is 0 Å². The molecule has 7 nitrogen and oxygen atoms in total. The summed E-state index contributed by atoms with van der Waals surface area (Å²) < 4.78 is 11.2. The van der Waals surface area contributed by atoms with Crippen LogP contribution >= 0.6 is 12.2 Å². The second-order valence-electron chi connectivity index (χ2n) is 8.17. The maximum Gasteiger partial charge on any atom is 0.257 e. The number of rotatable bonds is 10. The quantitative estimate of drug-likeness (QED) is 0.265. The Labute approximate surface area is 210 Å². The molecule has 0 bridgehead atoms. The molecule has 0 aliphatic rings. The minimum absolute atomic E-state index is 0.0274. The number of hydrogen-bond acceptors (Lipinski definition) is 5. The van der Waals surface area contributed by atoms with Gasteiger partial charge in [0.2, 0.25) is 5.91 Å². The standard InChI is InChI=1S/C27H29N3O4S/c1-19(2)18-25(31)28-21-10-12-22(13-11-21)29-27(35)30-26(32)20-8-14-24(15-9-20)34-17-16-33-23-6-4-3-5-7-23/h3-15,19H,16-18H2,1-2H3,(H,28,31)(H2,29,30,32,35). The van der Waals surface area contributed by atoms with E-state index in [0.717, 1.165) is 5.75 Å². The van der Waals surface area contributed by atoms with Crippen molar-refractivity contribution in [2.45, 2.75) is 20.3 Å². The first kappa shape index (κ1) is 25.7. The van der Waals surface area contributed by atoms with Crippen molar-refractivity contribution < 1.29 is 19.1 Å². The van der Waals surface area contributed by atoms with Crippen molar-refractivity contribution in [2.75, 3.05) is 23.8 Å². The van der Waals surface area contributed by atoms with E-state index in [1.807, 2.05) is 44.2 Å². The SMILES string of the molecule is CC(C)CC(=O)Nc1ccc(NC(=S)NC(=O)c2ccc(OCCOc3ccccc3)cc2)cc1. The molecule has 0 spiro atoms. The molecule has 0 aromatic heterocycles. The topological polar surface area (TPSA) is 88.7 Å². The van der Waals surface area contributed by atoms with E-state index in [2.05, 4.69) is 16.0 Å². The van der Waals surface area contributed by atoms with E-state index in [-0.39, 0.29) is 16.9 Å². The number of para-hydroxylation sites is 1. The number of ether oxygens (including phenoxy) is 2. The Bertz CT molecular complexity index is 1120. The first-order chi connectivity index (χ1) is 16.9. The number of thiocarbonyl (C=S) groups is 1. The third kappa shape index (κ3) is 9.10. The zero-order chi connectivity index (χ0) is 25.0. The maximum atomic E-state index is 12.5. The minimum atomic E-state index is -0.334. The van der Waals surface area contributed by atoms with Gasteiger partial charge in [-0.15, -0.1) is 0 Å². The summed E-state index contributed by atoms with van der Waals surface area (Å²) in [5, 5.41) is 8.64. The van der Waals surface area contributed by atoms with Crippen molar-refractivity contribution in [3.05, 3.63) is 84.4 Å². The Morgan fingerprint density at radius 2 is 1.31 bits per heavy atom. The Morgan fingerprint density at radius 1 is 0.771 bits per heavy atom. The van der Waals surface area contributed by atoms with Gasteiger partial charge >= 0.3 is 0 Å². The van der Waals surface area contributed by atoms with Crippen LogP contribution in [-0.4, -0.2) is 30.1 Å². The van der Waals surface area contributed by atoms with Gasteiger partial charge in [0, 0.05) is 23.4 Å². The average Bonchev–Trinajstić information content (AvgIpc) is 2.83. The average molecular weight is 492 g/mol. The van der Waals surface area contributed by atoms with Crippen LogP contribution < -0.4 is 25.4 Å². The molecule has 35 heavy (non-hydrogen) atoms. The minimum Gasteiger partial charge on any atom is -0.490 e. The van der Waals surface area contributed by atoms with E-state index in [1.54, 1.807) is 48.5 Å². The van der Waals surface area contributed by atoms with E-state index in [4.69, 9.17) is 21.7 Å². The van der Waals surface area contributed by atoms with Crippen molar-refractivity contribution in [1.29, 1.82) is 0 Å². The van der Waals surface area contributed by atoms with E-state index < -0.39 is 0 Å². The van der Waals surface area contributed by atoms with Gasteiger partial charge in [0.15, 0.2) is 5.11 Å². The molecular formula is C27H29N3O4S. The van der Waals surface area contributed by atoms with Crippen LogP contribution in [-0.2, 0) is 4.79 Å². The molecule has 0 saturated carbocycles. The van der Waals surface area contributed by atoms with Gasteiger partial charge in [0.05, 0.1) is 0 Å². The summed E-state index contributed by atoms with van der Waals surface area (Å²) in [5.41, 5.74) is 1.84. The Balaban J connectivity index is 1.41. The number of carbonyl (C=O) groups excluding carboxylic acids is 2. The highest BCUT2D eigenvalue weighted by Gasteiger charge is 2.09. The molecular weight excluding hydrogens is 462 g/mol. The number of nitrogens with one attached hydrogen (secondary N) is 3. The van der Waals surface area contributed by atoms with E-state index in [9.17, 15) is 9.59 Å². The van der Waals surface area contributed by atoms with E-state index in [1.165, 1.54) is 0 Å². The molecule has 0 saturated heterocycles. The molecule has 0 unspecified atom stereocenters. The molecule has 0 aliphatic carbocycles. The van der Waals surface area contributed by atoms with Gasteiger partial charge in [-0.05, 0) is 78.8 Å². The summed E-state index contributed by atoms with van der Waals surface area (Å²) in [6.45, 7) is 4.79. The number of anilines is 2. The molecule has 0 atom stereocenters. The van der Waals surface area contributed by atoms with Gasteiger partial charge in [-0.2, -0.15) is 0 Å². The summed E-state index contributed by atoms with van der Waals surface area (Å²) in [6, 6.07) is 23.4. The maximum absolute atomic E-state index is 12.5. The molecule has 182 valence electrons. The lowest BCUT2D eigenvalue weighted by Gasteiger charge is -2.12. The summed E-state index contributed by atoms with van der Waals surface area (Å²) in [6.07, 6.45) is 0.464. The monoisotopic (exact) mass is 491 g/mol. The van der Waals surface area contributed by atoms with Crippen molar-refractivity contribution in [3.63, 3.8) is 0 Å². The van der Waals surface area contributed by atoms with Crippen LogP contribution in [0.25, 0.3) is 0 Å². The van der Waals surface area contributed by atoms with Crippen LogP contribution in [0.2, 0.25) is 0 Å². The summed E-state index contributed by atoms with van der Waals surface area (Å²) in [7, 11) is 0. The second-order valence-corrected chi connectivity index (χ2v) is 8.57. The fraction of sp³-hybridized carbons (Fsp3) is 0.222. The molecule has 8 heteroatoms. The van der Waals surface area contributed by atoms with Crippen molar-refractivity contribution in [1.82, 2.24) is 5.32 Å². The molecule has 3 N–H and O–H groups in total. The van der Waals surface area contributed by atoms with E-state index >= 15 is 0 Å². The summed E-state index contributed by atoms with van der Waals surface area (Å²) >= 11 is 5.25. The molecule has 0 heterocycles. The number of amides is 2. The fourth-order valence-corrected chi connectivity index (χ4v) is 3.31. The summed E-state index contributed by atoms with van der Waals surface area (Å²) in [4.78, 5) is 24.4. The number of benzene rings is 3. The Kier molecular flexibility index (Phi) is 9.62. The van der Waals surface area contributed by atoms with Crippen molar-refractivity contribution >= 4 is 40.5 Å². The highest BCUT2D eigenvalue weighted by Crippen LogP contribution is 2.16. The molecule has 0 radical (unpaired) electrons. The van der Waals surface area contributed by atoms with Crippen LogP contribution in [0.1, 0.15) is 30.6 Å². The third-order valence-corrected chi connectivity index (χ3v) is 4.93. The van der Waals surface area contributed by atoms with Crippen LogP contribution in [0.5, 0.6) is 11.5 Å². The molecule has 3 aromatic rings. The van der Waals surface area contributed by atoms with Gasteiger partial charge in [0.25, 0.3) is 5.91 Å². The van der Waals surface area contributed by atoms with Gasteiger partial charge in [0.1, 0.15) is 24.7 Å². The highest BCUT2D eigenvalue weighted by atomic mass is 32.1. The number of carbonyl (C=O) groups is 2. The lowest BCUT2D eigenvalue weighted by molar-refractivity contribution is -0.116. The normalized spacial score (nSPS) is 10.4. The van der Waals surface area contributed by atoms with Crippen LogP contribution in [0.4, 0.5) is 11.4 Å². The first-order valence-electron chi connectivity index (χ1n) is 11.3. The zero-order valence-corrected chi connectivity index (χ0v) is 20.6. The number of hydrogen-bond donors (Lipinski definition) is 3. The van der Waals surface area contributed by atoms with Gasteiger partial charge in [-0.1, -0.05) is 32.0 Å². The molecule has 2 amide bonds. The van der Waals surface area contributed by atoms with Gasteiger partial charge in [-0.3, -0.25) is 14.9 Å².